The Morgan fingerprint density at radius 2 is 2.22 bits per heavy atom. The van der Waals surface area contributed by atoms with Crippen molar-refractivity contribution in [1.29, 1.82) is 0 Å². The Balaban J connectivity index is 1.91. The molecule has 0 saturated heterocycles. The molecule has 23 heavy (non-hydrogen) atoms. The largest absolute Gasteiger partial charge is 0.444 e. The SMILES string of the molecule is CC(C)(C)OC(=O)Nc1cn2c(N3C=CCN3)cc(Br)cc2n1. The van der Waals surface area contributed by atoms with E-state index in [-0.39, 0.29) is 0 Å². The molecule has 1 aliphatic rings. The predicted octanol–water partition coefficient (Wildman–Crippen LogP) is 3.28. The fraction of sp³-hybridized carbons (Fsp3) is 0.333. The van der Waals surface area contributed by atoms with Crippen LogP contribution in [0.1, 0.15) is 20.8 Å². The summed E-state index contributed by atoms with van der Waals surface area (Å²) in [6.45, 7) is 6.22. The monoisotopic (exact) mass is 379 g/mol. The molecule has 0 unspecified atom stereocenters. The van der Waals surface area contributed by atoms with Gasteiger partial charge in [-0.2, -0.15) is 0 Å². The van der Waals surface area contributed by atoms with Crippen LogP contribution in [0.5, 0.6) is 0 Å². The highest BCUT2D eigenvalue weighted by atomic mass is 79.9. The molecule has 0 radical (unpaired) electrons. The van der Waals surface area contributed by atoms with Crippen molar-refractivity contribution in [2.75, 3.05) is 16.9 Å². The van der Waals surface area contributed by atoms with Gasteiger partial charge in [-0.3, -0.25) is 14.7 Å². The van der Waals surface area contributed by atoms with E-state index in [2.05, 4.69) is 31.7 Å². The molecule has 7 nitrogen and oxygen atoms in total. The maximum Gasteiger partial charge on any atom is 0.413 e. The minimum absolute atomic E-state index is 0.432. The number of anilines is 2. The van der Waals surface area contributed by atoms with Crippen molar-refractivity contribution in [2.45, 2.75) is 26.4 Å². The number of fused-ring (bicyclic) bond motifs is 1. The summed E-state index contributed by atoms with van der Waals surface area (Å²) in [4.78, 5) is 16.3. The normalized spacial score (nSPS) is 14.5. The molecule has 2 aromatic heterocycles. The van der Waals surface area contributed by atoms with Crippen LogP contribution >= 0.6 is 15.9 Å². The third-order valence-corrected chi connectivity index (χ3v) is 3.48. The van der Waals surface area contributed by atoms with Gasteiger partial charge in [0.15, 0.2) is 5.82 Å². The molecule has 0 fully saturated rings. The first-order valence-electron chi connectivity index (χ1n) is 7.20. The Morgan fingerprint density at radius 3 is 2.87 bits per heavy atom. The van der Waals surface area contributed by atoms with Crippen LogP contribution < -0.4 is 15.8 Å². The number of carbonyl (C=O) groups excluding carboxylic acids is 1. The standard InChI is InChI=1S/C15H18BrN5O2/c1-15(2,3)23-14(22)19-11-9-20-12(18-11)7-10(16)8-13(20)21-6-4-5-17-21/h4,6-9,17H,5H2,1-3H3,(H,19,22). The number of ether oxygens (including phenoxy) is 1. The number of nitrogens with zero attached hydrogens (tertiary/aromatic N) is 3. The van der Waals surface area contributed by atoms with Gasteiger partial charge < -0.3 is 4.74 Å². The first-order chi connectivity index (χ1) is 10.8. The van der Waals surface area contributed by atoms with E-state index in [1.165, 1.54) is 0 Å². The van der Waals surface area contributed by atoms with Crippen LogP contribution in [-0.4, -0.2) is 27.6 Å². The van der Waals surface area contributed by atoms with Gasteiger partial charge in [-0.15, -0.1) is 0 Å². The lowest BCUT2D eigenvalue weighted by atomic mass is 10.2. The highest BCUT2D eigenvalue weighted by Crippen LogP contribution is 2.25. The van der Waals surface area contributed by atoms with Crippen LogP contribution in [0, 0.1) is 0 Å². The molecule has 2 N–H and O–H groups in total. The number of hydrazine groups is 1. The highest BCUT2D eigenvalue weighted by Gasteiger charge is 2.18. The zero-order valence-corrected chi connectivity index (χ0v) is 14.7. The van der Waals surface area contributed by atoms with Crippen LogP contribution in [0.25, 0.3) is 5.65 Å². The molecule has 0 aromatic carbocycles. The zero-order valence-electron chi connectivity index (χ0n) is 13.1. The van der Waals surface area contributed by atoms with Gasteiger partial charge in [0.1, 0.15) is 17.1 Å². The summed E-state index contributed by atoms with van der Waals surface area (Å²) in [5.41, 5.74) is 3.37. The van der Waals surface area contributed by atoms with Gasteiger partial charge in [-0.1, -0.05) is 22.0 Å². The summed E-state index contributed by atoms with van der Waals surface area (Å²) in [5, 5.41) is 4.56. The second-order valence-corrected chi connectivity index (χ2v) is 7.05. The number of rotatable bonds is 2. The van der Waals surface area contributed by atoms with E-state index >= 15 is 0 Å². The summed E-state index contributed by atoms with van der Waals surface area (Å²) >= 11 is 3.49. The van der Waals surface area contributed by atoms with Gasteiger partial charge in [0, 0.05) is 17.2 Å². The number of amides is 1. The van der Waals surface area contributed by atoms with Gasteiger partial charge in [0.05, 0.1) is 6.20 Å². The van der Waals surface area contributed by atoms with Gasteiger partial charge in [-0.25, -0.2) is 15.2 Å². The molecule has 0 atom stereocenters. The Labute approximate surface area is 142 Å². The number of halogens is 1. The quantitative estimate of drug-likeness (QED) is 0.837. The van der Waals surface area contributed by atoms with Crippen molar-refractivity contribution >= 4 is 39.3 Å². The molecule has 0 spiro atoms. The van der Waals surface area contributed by atoms with Crippen molar-refractivity contribution in [3.63, 3.8) is 0 Å². The Morgan fingerprint density at radius 1 is 1.43 bits per heavy atom. The van der Waals surface area contributed by atoms with Gasteiger partial charge in [-0.05, 0) is 32.9 Å². The van der Waals surface area contributed by atoms with Gasteiger partial charge >= 0.3 is 6.09 Å². The maximum absolute atomic E-state index is 11.9. The van der Waals surface area contributed by atoms with Crippen molar-refractivity contribution in [2.24, 2.45) is 0 Å². The minimum atomic E-state index is -0.554. The van der Waals surface area contributed by atoms with Crippen LogP contribution in [0.2, 0.25) is 0 Å². The molecule has 0 bridgehead atoms. The Bertz CT molecular complexity index is 778. The molecule has 1 aliphatic heterocycles. The number of hydrogen-bond acceptors (Lipinski definition) is 5. The molecule has 2 aromatic rings. The lowest BCUT2D eigenvalue weighted by Crippen LogP contribution is -2.29. The van der Waals surface area contributed by atoms with E-state index in [0.29, 0.717) is 11.5 Å². The number of hydrogen-bond donors (Lipinski definition) is 2. The average molecular weight is 380 g/mol. The highest BCUT2D eigenvalue weighted by molar-refractivity contribution is 9.10. The summed E-state index contributed by atoms with van der Waals surface area (Å²) in [6.07, 6.45) is 5.20. The molecule has 0 aliphatic carbocycles. The van der Waals surface area contributed by atoms with E-state index in [9.17, 15) is 4.79 Å². The smallest absolute Gasteiger partial charge is 0.413 e. The second kappa shape index (κ2) is 5.86. The number of aromatic nitrogens is 2. The third-order valence-electron chi connectivity index (χ3n) is 3.02. The maximum atomic E-state index is 11.9. The van der Waals surface area contributed by atoms with Crippen LogP contribution in [0.4, 0.5) is 16.4 Å². The first kappa shape index (κ1) is 15.8. The molecule has 8 heteroatoms. The van der Waals surface area contributed by atoms with Gasteiger partial charge in [0.25, 0.3) is 0 Å². The van der Waals surface area contributed by atoms with Gasteiger partial charge in [0.2, 0.25) is 0 Å². The van der Waals surface area contributed by atoms with E-state index in [1.54, 1.807) is 6.20 Å². The fourth-order valence-electron chi connectivity index (χ4n) is 2.21. The van der Waals surface area contributed by atoms with E-state index in [4.69, 9.17) is 4.74 Å². The van der Waals surface area contributed by atoms with Crippen molar-refractivity contribution in [3.8, 4) is 0 Å². The summed E-state index contributed by atoms with van der Waals surface area (Å²) in [7, 11) is 0. The number of carbonyl (C=O) groups is 1. The van der Waals surface area contributed by atoms with Crippen LogP contribution in [-0.2, 0) is 4.74 Å². The van der Waals surface area contributed by atoms with Crippen molar-refractivity contribution < 1.29 is 9.53 Å². The Kier molecular flexibility index (Phi) is 4.03. The minimum Gasteiger partial charge on any atom is -0.444 e. The summed E-state index contributed by atoms with van der Waals surface area (Å²) in [5.74, 6) is 1.31. The molecular formula is C15H18BrN5O2. The first-order valence-corrected chi connectivity index (χ1v) is 7.99. The molecule has 122 valence electrons. The summed E-state index contributed by atoms with van der Waals surface area (Å²) < 4.78 is 8.04. The lowest BCUT2D eigenvalue weighted by Gasteiger charge is -2.19. The summed E-state index contributed by atoms with van der Waals surface area (Å²) in [6, 6.07) is 3.85. The molecule has 1 amide bonds. The van der Waals surface area contributed by atoms with E-state index < -0.39 is 11.7 Å². The topological polar surface area (TPSA) is 70.9 Å². The molecule has 0 saturated carbocycles. The number of imidazole rings is 1. The van der Waals surface area contributed by atoms with E-state index in [0.717, 1.165) is 16.8 Å². The molecule has 3 rings (SSSR count). The second-order valence-electron chi connectivity index (χ2n) is 6.13. The molecule has 3 heterocycles. The fourth-order valence-corrected chi connectivity index (χ4v) is 2.62. The third kappa shape index (κ3) is 3.65. The van der Waals surface area contributed by atoms with Crippen molar-refractivity contribution in [3.05, 3.63) is 35.1 Å². The average Bonchev–Trinajstić information content (AvgIpc) is 3.03. The zero-order chi connectivity index (χ0) is 16.6. The lowest BCUT2D eigenvalue weighted by molar-refractivity contribution is 0.0635. The Hall–Kier alpha value is -2.06. The number of pyridine rings is 1. The number of nitrogens with one attached hydrogen (secondary N) is 2. The molecular weight excluding hydrogens is 362 g/mol. The van der Waals surface area contributed by atoms with Crippen LogP contribution in [0.15, 0.2) is 35.1 Å². The van der Waals surface area contributed by atoms with Crippen molar-refractivity contribution in [1.82, 2.24) is 14.8 Å². The van der Waals surface area contributed by atoms with E-state index in [1.807, 2.05) is 54.6 Å². The predicted molar refractivity (Wildman–Crippen MR) is 92.4 cm³/mol. The van der Waals surface area contributed by atoms with Crippen LogP contribution in [0.3, 0.4) is 0 Å².